The van der Waals surface area contributed by atoms with Crippen LogP contribution in [-0.2, 0) is 7.05 Å². The van der Waals surface area contributed by atoms with Crippen LogP contribution in [0.2, 0.25) is 0 Å². The zero-order valence-corrected chi connectivity index (χ0v) is 11.3. The van der Waals surface area contributed by atoms with Gasteiger partial charge in [-0.3, -0.25) is 4.79 Å². The summed E-state index contributed by atoms with van der Waals surface area (Å²) in [4.78, 5) is 12.0. The lowest BCUT2D eigenvalue weighted by atomic mass is 10.1. The van der Waals surface area contributed by atoms with E-state index >= 15 is 0 Å². The predicted molar refractivity (Wildman–Crippen MR) is 82.6 cm³/mol. The molecule has 0 unspecified atom stereocenters. The van der Waals surface area contributed by atoms with Crippen molar-refractivity contribution in [2.24, 2.45) is 7.05 Å². The Bertz CT molecular complexity index is 710. The normalized spacial score (nSPS) is 10.4. The molecule has 3 rings (SSSR count). The average molecular weight is 261 g/mol. The fourth-order valence-electron chi connectivity index (χ4n) is 2.41. The van der Waals surface area contributed by atoms with E-state index in [2.05, 4.69) is 4.57 Å². The number of pyridine rings is 1. The minimum Gasteiger partial charge on any atom is -0.343 e. The summed E-state index contributed by atoms with van der Waals surface area (Å²) in [6.07, 6.45) is 0. The van der Waals surface area contributed by atoms with Crippen LogP contribution in [-0.4, -0.2) is 4.57 Å². The van der Waals surface area contributed by atoms with E-state index < -0.39 is 0 Å². The number of benzene rings is 2. The maximum Gasteiger partial charge on any atom is 0.182 e. The van der Waals surface area contributed by atoms with Crippen LogP contribution in [0.4, 0.5) is 0 Å². The largest absolute Gasteiger partial charge is 0.343 e. The minimum absolute atomic E-state index is 0.0285. The number of rotatable bonds is 2. The van der Waals surface area contributed by atoms with Gasteiger partial charge in [-0.2, -0.15) is 0 Å². The quantitative estimate of drug-likeness (QED) is 0.689. The Morgan fingerprint density at radius 1 is 0.700 bits per heavy atom. The highest BCUT2D eigenvalue weighted by atomic mass is 16.1. The fraction of sp³-hybridized carbons (Fsp3) is 0.0556. The van der Waals surface area contributed by atoms with Gasteiger partial charge in [-0.15, -0.1) is 0 Å². The molecule has 0 atom stereocenters. The first-order valence-corrected chi connectivity index (χ1v) is 6.57. The topological polar surface area (TPSA) is 22.0 Å². The Morgan fingerprint density at radius 3 is 1.50 bits per heavy atom. The van der Waals surface area contributed by atoms with Crippen LogP contribution in [0.1, 0.15) is 0 Å². The zero-order valence-electron chi connectivity index (χ0n) is 11.3. The Balaban J connectivity index is 2.24. The molecule has 2 aromatic carbocycles. The summed E-state index contributed by atoms with van der Waals surface area (Å²) >= 11 is 0. The van der Waals surface area contributed by atoms with E-state index in [0.29, 0.717) is 0 Å². The van der Waals surface area contributed by atoms with Crippen LogP contribution in [0.5, 0.6) is 0 Å². The Kier molecular flexibility index (Phi) is 3.21. The van der Waals surface area contributed by atoms with Gasteiger partial charge in [-0.1, -0.05) is 60.7 Å². The van der Waals surface area contributed by atoms with Crippen LogP contribution >= 0.6 is 0 Å². The first-order valence-electron chi connectivity index (χ1n) is 6.57. The molecule has 0 bridgehead atoms. The average Bonchev–Trinajstić information content (AvgIpc) is 2.51. The van der Waals surface area contributed by atoms with Crippen molar-refractivity contribution in [3.63, 3.8) is 0 Å². The van der Waals surface area contributed by atoms with E-state index in [1.807, 2.05) is 67.7 Å². The second-order valence-electron chi connectivity index (χ2n) is 4.75. The van der Waals surface area contributed by atoms with E-state index in [0.717, 1.165) is 22.5 Å². The van der Waals surface area contributed by atoms with Crippen molar-refractivity contribution in [3.8, 4) is 22.5 Å². The van der Waals surface area contributed by atoms with Gasteiger partial charge in [0, 0.05) is 19.2 Å². The lowest BCUT2D eigenvalue weighted by Gasteiger charge is -2.14. The van der Waals surface area contributed by atoms with Gasteiger partial charge in [-0.05, 0) is 11.1 Å². The molecule has 0 fully saturated rings. The minimum atomic E-state index is 0.0285. The van der Waals surface area contributed by atoms with E-state index in [4.69, 9.17) is 0 Å². The molecule has 0 radical (unpaired) electrons. The zero-order chi connectivity index (χ0) is 13.9. The summed E-state index contributed by atoms with van der Waals surface area (Å²) in [5.41, 5.74) is 3.98. The summed E-state index contributed by atoms with van der Waals surface area (Å²) in [6.45, 7) is 0. The van der Waals surface area contributed by atoms with Gasteiger partial charge >= 0.3 is 0 Å². The van der Waals surface area contributed by atoms with Crippen molar-refractivity contribution < 1.29 is 0 Å². The second kappa shape index (κ2) is 5.17. The van der Waals surface area contributed by atoms with Gasteiger partial charge in [0.25, 0.3) is 0 Å². The van der Waals surface area contributed by atoms with Crippen molar-refractivity contribution in [3.05, 3.63) is 83.0 Å². The maximum atomic E-state index is 12.0. The molecule has 1 aromatic heterocycles. The number of hydrogen-bond acceptors (Lipinski definition) is 1. The SMILES string of the molecule is Cn1c(-c2ccccc2)cc(=O)cc1-c1ccccc1. The van der Waals surface area contributed by atoms with E-state index in [1.165, 1.54) is 0 Å². The molecule has 0 N–H and O–H groups in total. The van der Waals surface area contributed by atoms with Crippen molar-refractivity contribution >= 4 is 0 Å². The van der Waals surface area contributed by atoms with E-state index in [9.17, 15) is 4.79 Å². The van der Waals surface area contributed by atoms with Crippen LogP contribution < -0.4 is 5.43 Å². The van der Waals surface area contributed by atoms with Crippen LogP contribution in [0.25, 0.3) is 22.5 Å². The van der Waals surface area contributed by atoms with Gasteiger partial charge in [-0.25, -0.2) is 0 Å². The molecule has 3 aromatic rings. The third kappa shape index (κ3) is 2.28. The first-order chi connectivity index (χ1) is 9.75. The fourth-order valence-corrected chi connectivity index (χ4v) is 2.41. The highest BCUT2D eigenvalue weighted by molar-refractivity contribution is 5.67. The summed E-state index contributed by atoms with van der Waals surface area (Å²) < 4.78 is 2.06. The Hall–Kier alpha value is -2.61. The molecule has 0 amide bonds. The summed E-state index contributed by atoms with van der Waals surface area (Å²) in [7, 11) is 1.99. The van der Waals surface area contributed by atoms with Crippen LogP contribution in [0, 0.1) is 0 Å². The molecule has 1 heterocycles. The standard InChI is InChI=1S/C18H15NO/c1-19-17(14-8-4-2-5-9-14)12-16(20)13-18(19)15-10-6-3-7-11-15/h2-13H,1H3. The van der Waals surface area contributed by atoms with Gasteiger partial charge in [0.05, 0.1) is 11.4 Å². The molecule has 2 heteroatoms. The first kappa shape index (κ1) is 12.4. The summed E-state index contributed by atoms with van der Waals surface area (Å²) in [5.74, 6) is 0. The van der Waals surface area contributed by atoms with Crippen molar-refractivity contribution in [1.29, 1.82) is 0 Å². The van der Waals surface area contributed by atoms with Crippen molar-refractivity contribution in [2.75, 3.05) is 0 Å². The molecule has 0 aliphatic rings. The molecule has 20 heavy (non-hydrogen) atoms. The molecule has 98 valence electrons. The Labute approximate surface area is 118 Å². The molecule has 0 saturated carbocycles. The molecule has 2 nitrogen and oxygen atoms in total. The Morgan fingerprint density at radius 2 is 1.10 bits per heavy atom. The highest BCUT2D eigenvalue weighted by Crippen LogP contribution is 2.23. The van der Waals surface area contributed by atoms with Crippen LogP contribution in [0.15, 0.2) is 77.6 Å². The molecular weight excluding hydrogens is 246 g/mol. The third-order valence-corrected chi connectivity index (χ3v) is 3.42. The van der Waals surface area contributed by atoms with Crippen molar-refractivity contribution in [2.45, 2.75) is 0 Å². The highest BCUT2D eigenvalue weighted by Gasteiger charge is 2.08. The lowest BCUT2D eigenvalue weighted by molar-refractivity contribution is 0.921. The maximum absolute atomic E-state index is 12.0. The van der Waals surface area contributed by atoms with Gasteiger partial charge in [0.2, 0.25) is 0 Å². The van der Waals surface area contributed by atoms with E-state index in [-0.39, 0.29) is 5.43 Å². The smallest absolute Gasteiger partial charge is 0.182 e. The summed E-state index contributed by atoms with van der Waals surface area (Å²) in [6, 6.07) is 23.3. The molecule has 0 spiro atoms. The van der Waals surface area contributed by atoms with Crippen molar-refractivity contribution in [1.82, 2.24) is 4.57 Å². The van der Waals surface area contributed by atoms with E-state index in [1.54, 1.807) is 12.1 Å². The third-order valence-electron chi connectivity index (χ3n) is 3.42. The summed E-state index contributed by atoms with van der Waals surface area (Å²) in [5, 5.41) is 0. The number of hydrogen-bond donors (Lipinski definition) is 0. The van der Waals surface area contributed by atoms with Gasteiger partial charge in [0.15, 0.2) is 5.43 Å². The molecule has 0 aliphatic heterocycles. The predicted octanol–water partition coefficient (Wildman–Crippen LogP) is 3.72. The second-order valence-corrected chi connectivity index (χ2v) is 4.75. The number of nitrogens with zero attached hydrogens (tertiary/aromatic N) is 1. The van der Waals surface area contributed by atoms with Crippen LogP contribution in [0.3, 0.4) is 0 Å². The monoisotopic (exact) mass is 261 g/mol. The van der Waals surface area contributed by atoms with Gasteiger partial charge < -0.3 is 4.57 Å². The molecule has 0 saturated heterocycles. The van der Waals surface area contributed by atoms with Gasteiger partial charge in [0.1, 0.15) is 0 Å². The molecular formula is C18H15NO. The number of aromatic nitrogens is 1. The molecule has 0 aliphatic carbocycles. The lowest BCUT2D eigenvalue weighted by Crippen LogP contribution is -2.09.